The first-order chi connectivity index (χ1) is 11.7. The Morgan fingerprint density at radius 3 is 2.52 bits per heavy atom. The summed E-state index contributed by atoms with van der Waals surface area (Å²) in [5.74, 6) is -0.0670. The molecule has 0 aliphatic carbocycles. The maximum Gasteiger partial charge on any atom is 0.407 e. The van der Waals surface area contributed by atoms with Crippen LogP contribution in [0, 0.1) is 11.3 Å². The molecule has 0 aromatic carbocycles. The first kappa shape index (κ1) is 18.5. The van der Waals surface area contributed by atoms with Crippen LogP contribution in [0.15, 0.2) is 12.1 Å². The topological polar surface area (TPSA) is 121 Å². The number of amides is 2. The summed E-state index contributed by atoms with van der Waals surface area (Å²) >= 11 is 0. The highest BCUT2D eigenvalue weighted by atomic mass is 16.6. The van der Waals surface area contributed by atoms with E-state index >= 15 is 0 Å². The van der Waals surface area contributed by atoms with E-state index in [2.05, 4.69) is 10.3 Å². The molecule has 3 N–H and O–H groups in total. The average Bonchev–Trinajstić information content (AvgIpc) is 2.53. The number of nitrogens with two attached hydrogens (primary N) is 1. The smallest absolute Gasteiger partial charge is 0.407 e. The normalized spacial score (nSPS) is 15.4. The van der Waals surface area contributed by atoms with Gasteiger partial charge in [0.15, 0.2) is 0 Å². The number of ether oxygens (including phenoxy) is 1. The summed E-state index contributed by atoms with van der Waals surface area (Å²) in [6.07, 6.45) is 0.684. The second kappa shape index (κ2) is 7.38. The minimum absolute atomic E-state index is 0.147. The molecule has 134 valence electrons. The van der Waals surface area contributed by atoms with Crippen molar-refractivity contribution in [3.05, 3.63) is 23.4 Å². The number of aromatic nitrogens is 1. The molecule has 2 heterocycles. The Hall–Kier alpha value is -2.82. The van der Waals surface area contributed by atoms with Crippen molar-refractivity contribution in [2.45, 2.75) is 45.3 Å². The van der Waals surface area contributed by atoms with Crippen LogP contribution < -0.4 is 16.0 Å². The molecule has 1 saturated heterocycles. The largest absolute Gasteiger partial charge is 0.446 e. The summed E-state index contributed by atoms with van der Waals surface area (Å²) in [6.45, 7) is 6.88. The fraction of sp³-hybridized carbons (Fsp3) is 0.529. The van der Waals surface area contributed by atoms with E-state index in [4.69, 9.17) is 15.7 Å². The molecule has 2 amide bonds. The number of primary amides is 1. The summed E-state index contributed by atoms with van der Waals surface area (Å²) in [7, 11) is 0. The first-order valence-electron chi connectivity index (χ1n) is 8.13. The van der Waals surface area contributed by atoms with E-state index in [1.807, 2.05) is 31.7 Å². The van der Waals surface area contributed by atoms with Crippen molar-refractivity contribution >= 4 is 17.8 Å². The van der Waals surface area contributed by atoms with E-state index in [9.17, 15) is 9.59 Å². The van der Waals surface area contributed by atoms with Crippen molar-refractivity contribution in [3.63, 3.8) is 0 Å². The van der Waals surface area contributed by atoms with Crippen molar-refractivity contribution in [3.8, 4) is 6.07 Å². The summed E-state index contributed by atoms with van der Waals surface area (Å²) in [5, 5.41) is 11.8. The lowest BCUT2D eigenvalue weighted by Gasteiger charge is -2.33. The molecule has 0 spiro atoms. The molecule has 1 aromatic heterocycles. The number of nitriles is 1. The van der Waals surface area contributed by atoms with E-state index in [0.717, 1.165) is 0 Å². The van der Waals surface area contributed by atoms with Crippen LogP contribution >= 0.6 is 0 Å². The summed E-state index contributed by atoms with van der Waals surface area (Å²) in [6, 6.07) is 4.89. The number of anilines is 1. The summed E-state index contributed by atoms with van der Waals surface area (Å²) < 4.78 is 5.43. The van der Waals surface area contributed by atoms with Gasteiger partial charge in [-0.05, 0) is 32.9 Å². The molecule has 25 heavy (non-hydrogen) atoms. The minimum Gasteiger partial charge on any atom is -0.446 e. The Morgan fingerprint density at radius 1 is 1.36 bits per heavy atom. The van der Waals surface area contributed by atoms with Gasteiger partial charge in [-0.2, -0.15) is 5.26 Å². The van der Waals surface area contributed by atoms with Gasteiger partial charge in [0.1, 0.15) is 23.7 Å². The molecule has 1 aliphatic rings. The predicted octanol–water partition coefficient (Wildman–Crippen LogP) is 1.55. The standard InChI is InChI=1S/C17H23N5O3/c1-17(2,3)21-16(24)25-13-4-6-22(7-5-13)14-9-11(15(19)23)8-12(10-18)20-14/h8-9,13H,4-7H2,1-3H3,(H2,19,23)(H,21,24). The molecule has 2 rings (SSSR count). The third-order valence-corrected chi connectivity index (χ3v) is 3.73. The highest BCUT2D eigenvalue weighted by molar-refractivity contribution is 5.93. The van der Waals surface area contributed by atoms with Crippen LogP contribution in [0.1, 0.15) is 49.7 Å². The average molecular weight is 345 g/mol. The van der Waals surface area contributed by atoms with Gasteiger partial charge in [0, 0.05) is 37.0 Å². The third kappa shape index (κ3) is 5.35. The zero-order valence-electron chi connectivity index (χ0n) is 14.7. The maximum atomic E-state index is 11.8. The molecule has 0 radical (unpaired) electrons. The molecule has 0 saturated carbocycles. The number of rotatable bonds is 3. The number of carbonyl (C=O) groups is 2. The second-order valence-electron chi connectivity index (χ2n) is 7.04. The summed E-state index contributed by atoms with van der Waals surface area (Å²) in [5.41, 5.74) is 5.36. The fourth-order valence-electron chi connectivity index (χ4n) is 2.57. The molecule has 1 aromatic rings. The molecular weight excluding hydrogens is 322 g/mol. The Morgan fingerprint density at radius 2 is 2.00 bits per heavy atom. The number of hydrogen-bond acceptors (Lipinski definition) is 6. The lowest BCUT2D eigenvalue weighted by atomic mass is 10.1. The van der Waals surface area contributed by atoms with Crippen LogP contribution in [0.2, 0.25) is 0 Å². The van der Waals surface area contributed by atoms with Crippen LogP contribution in [-0.2, 0) is 4.74 Å². The van der Waals surface area contributed by atoms with Crippen molar-refractivity contribution in [2.75, 3.05) is 18.0 Å². The minimum atomic E-state index is -0.600. The molecule has 1 fully saturated rings. The van der Waals surface area contributed by atoms with E-state index in [1.165, 1.54) is 6.07 Å². The molecule has 8 heteroatoms. The van der Waals surface area contributed by atoms with E-state index in [1.54, 1.807) is 6.07 Å². The van der Waals surface area contributed by atoms with Gasteiger partial charge in [0.2, 0.25) is 5.91 Å². The zero-order valence-corrected chi connectivity index (χ0v) is 14.7. The second-order valence-corrected chi connectivity index (χ2v) is 7.04. The fourth-order valence-corrected chi connectivity index (χ4v) is 2.57. The number of hydrogen-bond donors (Lipinski definition) is 2. The highest BCUT2D eigenvalue weighted by Crippen LogP contribution is 2.21. The van der Waals surface area contributed by atoms with Crippen LogP contribution in [0.4, 0.5) is 10.6 Å². The molecular formula is C17H23N5O3. The van der Waals surface area contributed by atoms with E-state index < -0.39 is 12.0 Å². The molecule has 8 nitrogen and oxygen atoms in total. The highest BCUT2D eigenvalue weighted by Gasteiger charge is 2.25. The Bertz CT molecular complexity index is 697. The van der Waals surface area contributed by atoms with Crippen molar-refractivity contribution in [1.82, 2.24) is 10.3 Å². The van der Waals surface area contributed by atoms with Gasteiger partial charge in [0.05, 0.1) is 0 Å². The number of nitrogens with zero attached hydrogens (tertiary/aromatic N) is 3. The van der Waals surface area contributed by atoms with Crippen molar-refractivity contribution in [2.24, 2.45) is 5.73 Å². The Labute approximate surface area is 147 Å². The monoisotopic (exact) mass is 345 g/mol. The van der Waals surface area contributed by atoms with E-state index in [0.29, 0.717) is 31.7 Å². The van der Waals surface area contributed by atoms with Gasteiger partial charge < -0.3 is 20.7 Å². The quantitative estimate of drug-likeness (QED) is 0.857. The number of piperidine rings is 1. The Balaban J connectivity index is 1.98. The van der Waals surface area contributed by atoms with Crippen molar-refractivity contribution < 1.29 is 14.3 Å². The van der Waals surface area contributed by atoms with Gasteiger partial charge >= 0.3 is 6.09 Å². The van der Waals surface area contributed by atoms with Crippen molar-refractivity contribution in [1.29, 1.82) is 5.26 Å². The van der Waals surface area contributed by atoms with Crippen LogP contribution in [0.25, 0.3) is 0 Å². The van der Waals surface area contributed by atoms with Gasteiger partial charge in [0.25, 0.3) is 0 Å². The van der Waals surface area contributed by atoms with Gasteiger partial charge in [-0.25, -0.2) is 9.78 Å². The number of alkyl carbamates (subject to hydrolysis) is 1. The SMILES string of the molecule is CC(C)(C)NC(=O)OC1CCN(c2cc(C(N)=O)cc(C#N)n2)CC1. The number of nitrogens with one attached hydrogen (secondary N) is 1. The Kier molecular flexibility index (Phi) is 5.47. The predicted molar refractivity (Wildman–Crippen MR) is 92.1 cm³/mol. The third-order valence-electron chi connectivity index (χ3n) is 3.73. The van der Waals surface area contributed by atoms with Crippen LogP contribution in [0.5, 0.6) is 0 Å². The number of carbonyl (C=O) groups excluding carboxylic acids is 2. The lowest BCUT2D eigenvalue weighted by Crippen LogP contribution is -2.44. The molecule has 0 unspecified atom stereocenters. The van der Waals surface area contributed by atoms with Crippen LogP contribution in [-0.4, -0.2) is 41.7 Å². The van der Waals surface area contributed by atoms with Gasteiger partial charge in [-0.1, -0.05) is 0 Å². The number of pyridine rings is 1. The lowest BCUT2D eigenvalue weighted by molar-refractivity contribution is 0.0776. The van der Waals surface area contributed by atoms with Gasteiger partial charge in [-0.15, -0.1) is 0 Å². The molecule has 0 bridgehead atoms. The first-order valence-corrected chi connectivity index (χ1v) is 8.13. The summed E-state index contributed by atoms with van der Waals surface area (Å²) in [4.78, 5) is 29.4. The zero-order chi connectivity index (χ0) is 18.6. The molecule has 0 atom stereocenters. The van der Waals surface area contributed by atoms with E-state index in [-0.39, 0.29) is 22.9 Å². The molecule has 1 aliphatic heterocycles. The van der Waals surface area contributed by atoms with Gasteiger partial charge in [-0.3, -0.25) is 4.79 Å². The van der Waals surface area contributed by atoms with Crippen LogP contribution in [0.3, 0.4) is 0 Å². The maximum absolute atomic E-state index is 11.8.